The fourth-order valence-electron chi connectivity index (χ4n) is 4.94. The van der Waals surface area contributed by atoms with Crippen LogP contribution in [0.25, 0.3) is 11.1 Å². The molecule has 1 atom stereocenters. The summed E-state index contributed by atoms with van der Waals surface area (Å²) in [5.74, 6) is -1.36. The topological polar surface area (TPSA) is 78.9 Å². The van der Waals surface area contributed by atoms with Crippen LogP contribution in [-0.2, 0) is 9.53 Å². The van der Waals surface area contributed by atoms with Gasteiger partial charge in [0.2, 0.25) is 0 Å². The van der Waals surface area contributed by atoms with Gasteiger partial charge in [0.05, 0.1) is 5.92 Å². The standard InChI is InChI=1S/C22H22N2O4/c25-20(26)19-9-24(13-22(19)11-23-12-22)21(27)28-10-18-16-7-3-1-5-14(16)15-6-2-4-8-17(15)18/h1-8,18-19,23H,9-13H2,(H,25,26). The number of aliphatic carboxylic acids is 1. The summed E-state index contributed by atoms with van der Waals surface area (Å²) in [4.78, 5) is 25.9. The van der Waals surface area contributed by atoms with Gasteiger partial charge in [0.25, 0.3) is 0 Å². The first-order valence-corrected chi connectivity index (χ1v) is 9.62. The van der Waals surface area contributed by atoms with Crippen LogP contribution in [0.5, 0.6) is 0 Å². The van der Waals surface area contributed by atoms with E-state index in [1.165, 1.54) is 22.3 Å². The molecule has 0 aromatic heterocycles. The zero-order valence-electron chi connectivity index (χ0n) is 15.4. The van der Waals surface area contributed by atoms with Gasteiger partial charge in [0.1, 0.15) is 6.61 Å². The smallest absolute Gasteiger partial charge is 0.409 e. The number of rotatable bonds is 3. The minimum atomic E-state index is -0.838. The zero-order valence-corrected chi connectivity index (χ0v) is 15.4. The number of nitrogens with zero attached hydrogens (tertiary/aromatic N) is 1. The number of hydrogen-bond acceptors (Lipinski definition) is 4. The summed E-state index contributed by atoms with van der Waals surface area (Å²) in [7, 11) is 0. The van der Waals surface area contributed by atoms with Crippen molar-refractivity contribution in [3.63, 3.8) is 0 Å². The van der Waals surface area contributed by atoms with Crippen LogP contribution < -0.4 is 5.32 Å². The molecule has 5 rings (SSSR count). The van der Waals surface area contributed by atoms with E-state index in [1.54, 1.807) is 4.90 Å². The molecule has 1 spiro atoms. The number of benzene rings is 2. The van der Waals surface area contributed by atoms with E-state index in [4.69, 9.17) is 4.74 Å². The van der Waals surface area contributed by atoms with Crippen LogP contribution in [0, 0.1) is 11.3 Å². The van der Waals surface area contributed by atoms with Crippen molar-refractivity contribution in [2.45, 2.75) is 5.92 Å². The van der Waals surface area contributed by atoms with E-state index in [1.807, 2.05) is 24.3 Å². The molecule has 0 radical (unpaired) electrons. The van der Waals surface area contributed by atoms with Crippen LogP contribution in [0.3, 0.4) is 0 Å². The third kappa shape index (κ3) is 2.52. The minimum Gasteiger partial charge on any atom is -0.481 e. The molecule has 6 heteroatoms. The Balaban J connectivity index is 1.32. The van der Waals surface area contributed by atoms with Gasteiger partial charge in [-0.15, -0.1) is 0 Å². The number of carboxylic acid groups (broad SMARTS) is 1. The molecule has 2 aliphatic heterocycles. The highest BCUT2D eigenvalue weighted by Gasteiger charge is 2.55. The SMILES string of the molecule is O=C(O)C1CN(C(=O)OCC2c3ccccc3-c3ccccc32)CC12CNC2. The summed E-state index contributed by atoms with van der Waals surface area (Å²) in [6.45, 7) is 2.18. The lowest BCUT2D eigenvalue weighted by Crippen LogP contribution is -2.59. The normalized spacial score (nSPS) is 21.9. The maximum Gasteiger partial charge on any atom is 0.409 e. The maximum atomic E-state index is 12.7. The molecule has 2 aromatic carbocycles. The summed E-state index contributed by atoms with van der Waals surface area (Å²) in [5.41, 5.74) is 4.36. The fourth-order valence-corrected chi connectivity index (χ4v) is 4.94. The van der Waals surface area contributed by atoms with Crippen LogP contribution in [-0.4, -0.2) is 54.9 Å². The van der Waals surface area contributed by atoms with Crippen molar-refractivity contribution >= 4 is 12.1 Å². The number of carbonyl (C=O) groups excluding carboxylic acids is 1. The van der Waals surface area contributed by atoms with Gasteiger partial charge >= 0.3 is 12.1 Å². The summed E-state index contributed by atoms with van der Waals surface area (Å²) in [5, 5.41) is 12.7. The molecule has 2 N–H and O–H groups in total. The Kier molecular flexibility index (Phi) is 3.91. The molecule has 6 nitrogen and oxygen atoms in total. The second kappa shape index (κ2) is 6.34. The van der Waals surface area contributed by atoms with Gasteiger partial charge in [-0.3, -0.25) is 4.79 Å². The zero-order chi connectivity index (χ0) is 19.3. The van der Waals surface area contributed by atoms with E-state index in [0.717, 1.165) is 0 Å². The molecule has 0 bridgehead atoms. The van der Waals surface area contributed by atoms with Crippen LogP contribution in [0.4, 0.5) is 4.79 Å². The number of hydrogen-bond donors (Lipinski definition) is 2. The molecular weight excluding hydrogens is 356 g/mol. The van der Waals surface area contributed by atoms with Gasteiger partial charge in [-0.2, -0.15) is 0 Å². The van der Waals surface area contributed by atoms with Crippen molar-refractivity contribution in [1.82, 2.24) is 10.2 Å². The first kappa shape index (κ1) is 17.3. The molecule has 3 aliphatic rings. The second-order valence-corrected chi connectivity index (χ2v) is 8.04. The average Bonchev–Trinajstić information content (AvgIpc) is 3.24. The summed E-state index contributed by atoms with van der Waals surface area (Å²) in [6.07, 6.45) is -0.420. The molecule has 2 fully saturated rings. The molecule has 1 aliphatic carbocycles. The van der Waals surface area contributed by atoms with Gasteiger partial charge in [0.15, 0.2) is 0 Å². The monoisotopic (exact) mass is 378 g/mol. The van der Waals surface area contributed by atoms with Gasteiger partial charge in [0, 0.05) is 37.5 Å². The lowest BCUT2D eigenvalue weighted by atomic mass is 9.73. The number of amides is 1. The molecular formula is C22H22N2O4. The fraction of sp³-hybridized carbons (Fsp3) is 0.364. The maximum absolute atomic E-state index is 12.7. The quantitative estimate of drug-likeness (QED) is 0.858. The predicted molar refractivity (Wildman–Crippen MR) is 103 cm³/mol. The summed E-state index contributed by atoms with van der Waals surface area (Å²) < 4.78 is 5.69. The largest absolute Gasteiger partial charge is 0.481 e. The highest BCUT2D eigenvalue weighted by molar-refractivity contribution is 5.79. The van der Waals surface area contributed by atoms with Gasteiger partial charge in [-0.1, -0.05) is 48.5 Å². The van der Waals surface area contributed by atoms with Gasteiger partial charge in [-0.25, -0.2) is 4.79 Å². The number of likely N-dealkylation sites (tertiary alicyclic amines) is 1. The van der Waals surface area contributed by atoms with Crippen molar-refractivity contribution in [2.24, 2.45) is 11.3 Å². The number of fused-ring (bicyclic) bond motifs is 3. The van der Waals surface area contributed by atoms with Gasteiger partial charge < -0.3 is 20.1 Å². The van der Waals surface area contributed by atoms with Gasteiger partial charge in [-0.05, 0) is 22.3 Å². The predicted octanol–water partition coefficient (Wildman–Crippen LogP) is 2.54. The van der Waals surface area contributed by atoms with E-state index in [-0.39, 0.29) is 24.5 Å². The van der Waals surface area contributed by atoms with E-state index >= 15 is 0 Å². The van der Waals surface area contributed by atoms with Crippen LogP contribution in [0.2, 0.25) is 0 Å². The number of carbonyl (C=O) groups is 2. The van der Waals surface area contributed by atoms with Crippen molar-refractivity contribution in [3.8, 4) is 11.1 Å². The Morgan fingerprint density at radius 3 is 2.18 bits per heavy atom. The van der Waals surface area contributed by atoms with E-state index in [0.29, 0.717) is 19.6 Å². The van der Waals surface area contributed by atoms with Crippen molar-refractivity contribution < 1.29 is 19.4 Å². The Bertz CT molecular complexity index is 908. The first-order valence-electron chi connectivity index (χ1n) is 9.62. The van der Waals surface area contributed by atoms with Crippen LogP contribution >= 0.6 is 0 Å². The van der Waals surface area contributed by atoms with Crippen LogP contribution in [0.1, 0.15) is 17.0 Å². The van der Waals surface area contributed by atoms with Crippen molar-refractivity contribution in [3.05, 3.63) is 59.7 Å². The Morgan fingerprint density at radius 2 is 1.68 bits per heavy atom. The molecule has 2 saturated heterocycles. The second-order valence-electron chi connectivity index (χ2n) is 8.04. The molecule has 1 amide bonds. The highest BCUT2D eigenvalue weighted by Crippen LogP contribution is 2.45. The molecule has 28 heavy (non-hydrogen) atoms. The summed E-state index contributed by atoms with van der Waals surface area (Å²) >= 11 is 0. The third-order valence-electron chi connectivity index (χ3n) is 6.49. The molecule has 2 aromatic rings. The number of ether oxygens (including phenoxy) is 1. The molecule has 2 heterocycles. The molecule has 1 unspecified atom stereocenters. The van der Waals surface area contributed by atoms with Crippen molar-refractivity contribution in [1.29, 1.82) is 0 Å². The number of carboxylic acids is 1. The van der Waals surface area contributed by atoms with E-state index in [2.05, 4.69) is 29.6 Å². The first-order chi connectivity index (χ1) is 13.6. The Morgan fingerprint density at radius 1 is 1.07 bits per heavy atom. The molecule has 144 valence electrons. The number of nitrogens with one attached hydrogen (secondary N) is 1. The minimum absolute atomic E-state index is 0.00792. The van der Waals surface area contributed by atoms with Crippen LogP contribution in [0.15, 0.2) is 48.5 Å². The van der Waals surface area contributed by atoms with E-state index < -0.39 is 18.0 Å². The Labute approximate surface area is 163 Å². The Hall–Kier alpha value is -2.86. The lowest BCUT2D eigenvalue weighted by Gasteiger charge is -2.41. The summed E-state index contributed by atoms with van der Waals surface area (Å²) in [6, 6.07) is 16.4. The molecule has 0 saturated carbocycles. The third-order valence-corrected chi connectivity index (χ3v) is 6.49. The van der Waals surface area contributed by atoms with Crippen molar-refractivity contribution in [2.75, 3.05) is 32.8 Å². The highest BCUT2D eigenvalue weighted by atomic mass is 16.6. The average molecular weight is 378 g/mol. The lowest BCUT2D eigenvalue weighted by molar-refractivity contribution is -0.145. The van der Waals surface area contributed by atoms with E-state index in [9.17, 15) is 14.7 Å².